The van der Waals surface area contributed by atoms with E-state index in [2.05, 4.69) is 47.2 Å². The Kier molecular flexibility index (Phi) is 4.81. The van der Waals surface area contributed by atoms with E-state index < -0.39 is 0 Å². The van der Waals surface area contributed by atoms with E-state index in [0.29, 0.717) is 11.5 Å². The summed E-state index contributed by atoms with van der Waals surface area (Å²) in [6.45, 7) is 6.30. The summed E-state index contributed by atoms with van der Waals surface area (Å²) in [5, 5.41) is 3.33. The minimum atomic E-state index is -0.188. The largest absolute Gasteiger partial charge is 0.378 e. The second-order valence-corrected chi connectivity index (χ2v) is 6.22. The van der Waals surface area contributed by atoms with Crippen LogP contribution >= 0.6 is 15.9 Å². The third-order valence-corrected chi connectivity index (χ3v) is 3.88. The van der Waals surface area contributed by atoms with E-state index in [4.69, 9.17) is 0 Å². The number of rotatable bonds is 4. The molecule has 2 aromatic rings. The third kappa shape index (κ3) is 3.60. The lowest BCUT2D eigenvalue weighted by Crippen LogP contribution is -2.08. The van der Waals surface area contributed by atoms with Crippen LogP contribution in [0.2, 0.25) is 0 Å². The lowest BCUT2D eigenvalue weighted by atomic mass is 10.0. The van der Waals surface area contributed by atoms with Crippen LogP contribution in [0.4, 0.5) is 10.1 Å². The summed E-state index contributed by atoms with van der Waals surface area (Å²) in [5.74, 6) is 0.330. The van der Waals surface area contributed by atoms with Gasteiger partial charge in [0, 0.05) is 15.7 Å². The third-order valence-electron chi connectivity index (χ3n) is 3.39. The molecule has 0 aliphatic heterocycles. The molecule has 0 aliphatic rings. The van der Waals surface area contributed by atoms with E-state index in [-0.39, 0.29) is 11.9 Å². The minimum Gasteiger partial charge on any atom is -0.378 e. The van der Waals surface area contributed by atoms with Crippen molar-refractivity contribution in [1.29, 1.82) is 0 Å². The molecule has 0 saturated heterocycles. The molecule has 0 saturated carbocycles. The van der Waals surface area contributed by atoms with E-state index in [1.54, 1.807) is 6.07 Å². The number of nitrogens with one attached hydrogen (secondary N) is 1. The SMILES string of the molecule is CC(C)c1ccc(NC(C)c2cc(Br)ccc2F)cc1. The zero-order valence-electron chi connectivity index (χ0n) is 12.0. The Hall–Kier alpha value is -1.35. The van der Waals surface area contributed by atoms with Crippen molar-refractivity contribution in [1.82, 2.24) is 0 Å². The van der Waals surface area contributed by atoms with Crippen LogP contribution in [0.25, 0.3) is 0 Å². The van der Waals surface area contributed by atoms with Gasteiger partial charge in [-0.25, -0.2) is 4.39 Å². The van der Waals surface area contributed by atoms with E-state index in [0.717, 1.165) is 10.2 Å². The second-order valence-electron chi connectivity index (χ2n) is 5.31. The van der Waals surface area contributed by atoms with Crippen LogP contribution in [-0.2, 0) is 0 Å². The quantitative estimate of drug-likeness (QED) is 0.735. The molecule has 2 rings (SSSR count). The predicted octanol–water partition coefficient (Wildman–Crippen LogP) is 5.88. The van der Waals surface area contributed by atoms with Crippen LogP contribution in [-0.4, -0.2) is 0 Å². The Balaban J connectivity index is 2.14. The van der Waals surface area contributed by atoms with E-state index in [1.807, 2.05) is 25.1 Å². The van der Waals surface area contributed by atoms with Crippen molar-refractivity contribution in [2.75, 3.05) is 5.32 Å². The zero-order valence-corrected chi connectivity index (χ0v) is 13.5. The molecule has 3 heteroatoms. The molecule has 1 atom stereocenters. The van der Waals surface area contributed by atoms with Gasteiger partial charge < -0.3 is 5.32 Å². The van der Waals surface area contributed by atoms with Crippen molar-refractivity contribution in [2.45, 2.75) is 32.7 Å². The number of benzene rings is 2. The smallest absolute Gasteiger partial charge is 0.128 e. The summed E-state index contributed by atoms with van der Waals surface area (Å²) in [7, 11) is 0. The van der Waals surface area contributed by atoms with Gasteiger partial charge in [0.2, 0.25) is 0 Å². The maximum Gasteiger partial charge on any atom is 0.128 e. The fourth-order valence-electron chi connectivity index (χ4n) is 2.14. The highest BCUT2D eigenvalue weighted by Gasteiger charge is 2.11. The Bertz CT molecular complexity index is 578. The van der Waals surface area contributed by atoms with Crippen LogP contribution < -0.4 is 5.32 Å². The van der Waals surface area contributed by atoms with Gasteiger partial charge in [-0.15, -0.1) is 0 Å². The van der Waals surface area contributed by atoms with Gasteiger partial charge in [0.05, 0.1) is 6.04 Å². The fourth-order valence-corrected chi connectivity index (χ4v) is 2.52. The summed E-state index contributed by atoms with van der Waals surface area (Å²) in [6.07, 6.45) is 0. The molecule has 1 unspecified atom stereocenters. The molecular weight excluding hydrogens is 317 g/mol. The average Bonchev–Trinajstić information content (AvgIpc) is 2.42. The molecule has 0 bridgehead atoms. The molecule has 0 amide bonds. The first kappa shape index (κ1) is 15.0. The van der Waals surface area contributed by atoms with Crippen molar-refractivity contribution < 1.29 is 4.39 Å². The topological polar surface area (TPSA) is 12.0 Å². The van der Waals surface area contributed by atoms with Gasteiger partial charge in [0.15, 0.2) is 0 Å². The molecule has 106 valence electrons. The highest BCUT2D eigenvalue weighted by atomic mass is 79.9. The Labute approximate surface area is 128 Å². The number of hydrogen-bond acceptors (Lipinski definition) is 1. The molecule has 0 heterocycles. The van der Waals surface area contributed by atoms with Gasteiger partial charge in [0.1, 0.15) is 5.82 Å². The molecular formula is C17H19BrFN. The molecule has 2 aromatic carbocycles. The summed E-state index contributed by atoms with van der Waals surface area (Å²) < 4.78 is 14.7. The minimum absolute atomic E-state index is 0.0857. The molecule has 0 fully saturated rings. The Morgan fingerprint density at radius 3 is 2.25 bits per heavy atom. The van der Waals surface area contributed by atoms with Crippen LogP contribution in [0.5, 0.6) is 0 Å². The van der Waals surface area contributed by atoms with Gasteiger partial charge in [-0.3, -0.25) is 0 Å². The lowest BCUT2D eigenvalue weighted by Gasteiger charge is -2.17. The van der Waals surface area contributed by atoms with Crippen LogP contribution in [0, 0.1) is 5.82 Å². The van der Waals surface area contributed by atoms with Crippen LogP contribution in [0.1, 0.15) is 43.9 Å². The summed E-state index contributed by atoms with van der Waals surface area (Å²) >= 11 is 3.38. The molecule has 20 heavy (non-hydrogen) atoms. The molecule has 1 nitrogen and oxygen atoms in total. The maximum absolute atomic E-state index is 13.8. The highest BCUT2D eigenvalue weighted by Crippen LogP contribution is 2.25. The van der Waals surface area contributed by atoms with Crippen molar-refractivity contribution in [3.8, 4) is 0 Å². The first-order chi connectivity index (χ1) is 9.47. The molecule has 0 aliphatic carbocycles. The standard InChI is InChI=1S/C17H19BrFN/c1-11(2)13-4-7-15(8-5-13)20-12(3)16-10-14(18)6-9-17(16)19/h4-12,20H,1-3H3. The van der Waals surface area contributed by atoms with Gasteiger partial charge in [0.25, 0.3) is 0 Å². The maximum atomic E-state index is 13.8. The highest BCUT2D eigenvalue weighted by molar-refractivity contribution is 9.10. The summed E-state index contributed by atoms with van der Waals surface area (Å²) in [4.78, 5) is 0. The first-order valence-electron chi connectivity index (χ1n) is 6.79. The van der Waals surface area contributed by atoms with Gasteiger partial charge >= 0.3 is 0 Å². The fraction of sp³-hybridized carbons (Fsp3) is 0.294. The number of anilines is 1. The molecule has 0 radical (unpaired) electrons. The van der Waals surface area contributed by atoms with Crippen molar-refractivity contribution >= 4 is 21.6 Å². The van der Waals surface area contributed by atoms with Gasteiger partial charge in [-0.2, -0.15) is 0 Å². The van der Waals surface area contributed by atoms with E-state index >= 15 is 0 Å². The van der Waals surface area contributed by atoms with Crippen molar-refractivity contribution in [3.05, 3.63) is 63.9 Å². The molecule has 0 aromatic heterocycles. The lowest BCUT2D eigenvalue weighted by molar-refractivity contribution is 0.600. The molecule has 0 spiro atoms. The van der Waals surface area contributed by atoms with Gasteiger partial charge in [-0.1, -0.05) is 41.9 Å². The van der Waals surface area contributed by atoms with Crippen molar-refractivity contribution in [3.63, 3.8) is 0 Å². The average molecular weight is 336 g/mol. The Morgan fingerprint density at radius 1 is 1.00 bits per heavy atom. The normalized spacial score (nSPS) is 12.5. The zero-order chi connectivity index (χ0) is 14.7. The van der Waals surface area contributed by atoms with Crippen molar-refractivity contribution in [2.24, 2.45) is 0 Å². The van der Waals surface area contributed by atoms with Gasteiger partial charge in [-0.05, 0) is 48.7 Å². The monoisotopic (exact) mass is 335 g/mol. The van der Waals surface area contributed by atoms with E-state index in [9.17, 15) is 4.39 Å². The number of halogens is 2. The van der Waals surface area contributed by atoms with E-state index in [1.165, 1.54) is 11.6 Å². The number of hydrogen-bond donors (Lipinski definition) is 1. The van der Waals surface area contributed by atoms with Crippen LogP contribution in [0.3, 0.4) is 0 Å². The molecule has 1 N–H and O–H groups in total. The summed E-state index contributed by atoms with van der Waals surface area (Å²) in [6, 6.07) is 13.2. The second kappa shape index (κ2) is 6.40. The predicted molar refractivity (Wildman–Crippen MR) is 86.7 cm³/mol. The Morgan fingerprint density at radius 2 is 1.65 bits per heavy atom. The van der Waals surface area contributed by atoms with Crippen LogP contribution in [0.15, 0.2) is 46.9 Å². The summed E-state index contributed by atoms with van der Waals surface area (Å²) in [5.41, 5.74) is 2.96. The first-order valence-corrected chi connectivity index (χ1v) is 7.58.